The zero-order chi connectivity index (χ0) is 31.5. The number of carbonyl (C=O) groups excluding carboxylic acids is 1. The smallest absolute Gasteiger partial charge is 0.416 e. The second kappa shape index (κ2) is 11.0. The van der Waals surface area contributed by atoms with Gasteiger partial charge in [-0.05, 0) is 74.4 Å². The fourth-order valence-electron chi connectivity index (χ4n) is 8.50. The number of methoxy groups -OCH3 is 1. The van der Waals surface area contributed by atoms with E-state index in [2.05, 4.69) is 41.0 Å². The third kappa shape index (κ3) is 4.82. The van der Waals surface area contributed by atoms with Crippen molar-refractivity contribution in [2.75, 3.05) is 27.2 Å². The maximum atomic E-state index is 13.4. The van der Waals surface area contributed by atoms with E-state index in [9.17, 15) is 23.1 Å². The van der Waals surface area contributed by atoms with Crippen LogP contribution >= 0.6 is 0 Å². The number of ether oxygens (including phenoxy) is 2. The molecule has 3 aromatic rings. The first-order valence-corrected chi connectivity index (χ1v) is 15.5. The Balaban J connectivity index is 1.19. The topological polar surface area (TPSA) is 62.2 Å². The summed E-state index contributed by atoms with van der Waals surface area (Å²) in [5.41, 5.74) is 2.43. The molecular formula is C36H35F3N2O4. The predicted octanol–water partition coefficient (Wildman–Crippen LogP) is 5.58. The number of amides is 1. The number of phenols is 1. The third-order valence-electron chi connectivity index (χ3n) is 10.6. The normalized spacial score (nSPS) is 26.2. The lowest BCUT2D eigenvalue weighted by Crippen LogP contribution is -2.69. The second-order valence-electron chi connectivity index (χ2n) is 12.6. The Morgan fingerprint density at radius 1 is 1.16 bits per heavy atom. The van der Waals surface area contributed by atoms with E-state index in [1.54, 1.807) is 25.1 Å². The van der Waals surface area contributed by atoms with E-state index in [1.807, 2.05) is 6.07 Å². The Bertz CT molecular complexity index is 1680. The molecule has 0 radical (unpaired) electrons. The lowest BCUT2D eigenvalue weighted by atomic mass is 9.50. The Hall–Kier alpha value is -4.16. The van der Waals surface area contributed by atoms with Gasteiger partial charge in [-0.1, -0.05) is 36.3 Å². The van der Waals surface area contributed by atoms with Crippen molar-refractivity contribution < 1.29 is 32.5 Å². The zero-order valence-electron chi connectivity index (χ0n) is 25.2. The number of hydrogen-bond acceptors (Lipinski definition) is 5. The molecule has 4 aliphatic rings. The number of likely N-dealkylation sites (tertiary alicyclic amines) is 1. The number of nitrogens with zero attached hydrogens (tertiary/aromatic N) is 2. The molecule has 1 N–H and O–H groups in total. The SMILES string of the molecule is COc1cc(O)c2c3c1O[C@H]1[C@@H](N(C)C(=O)C#Cc4ccc(C(F)(F)F)cc4)CC[C@H]4[C@@H](C2)N(CCc2ccccc2)CC[C@@]341. The van der Waals surface area contributed by atoms with Crippen LogP contribution in [0.25, 0.3) is 0 Å². The third-order valence-corrected chi connectivity index (χ3v) is 10.6. The first-order valence-electron chi connectivity index (χ1n) is 15.5. The van der Waals surface area contributed by atoms with Crippen LogP contribution in [0.4, 0.5) is 13.2 Å². The highest BCUT2D eigenvalue weighted by Crippen LogP contribution is 2.65. The van der Waals surface area contributed by atoms with E-state index in [-0.39, 0.29) is 35.3 Å². The van der Waals surface area contributed by atoms with Crippen LogP contribution in [0.3, 0.4) is 0 Å². The molecule has 0 aromatic heterocycles. The lowest BCUT2D eigenvalue weighted by molar-refractivity contribution is -0.137. The van der Waals surface area contributed by atoms with Gasteiger partial charge in [0.25, 0.3) is 5.91 Å². The second-order valence-corrected chi connectivity index (χ2v) is 12.6. The average molecular weight is 617 g/mol. The fraction of sp³-hybridized carbons (Fsp3) is 0.417. The van der Waals surface area contributed by atoms with Gasteiger partial charge in [-0.15, -0.1) is 0 Å². The number of benzene rings is 3. The predicted molar refractivity (Wildman–Crippen MR) is 162 cm³/mol. The molecule has 7 rings (SSSR count). The molecule has 1 saturated heterocycles. The molecule has 5 atom stereocenters. The number of rotatable bonds is 5. The van der Waals surface area contributed by atoms with Gasteiger partial charge in [0.2, 0.25) is 0 Å². The van der Waals surface area contributed by atoms with E-state index < -0.39 is 17.6 Å². The molecule has 2 bridgehead atoms. The number of likely N-dealkylation sites (N-methyl/N-ethyl adjacent to an activating group) is 1. The Morgan fingerprint density at radius 2 is 1.91 bits per heavy atom. The quantitative estimate of drug-likeness (QED) is 0.380. The molecule has 2 aliphatic heterocycles. The van der Waals surface area contributed by atoms with Crippen molar-refractivity contribution in [1.82, 2.24) is 9.80 Å². The molecule has 1 amide bonds. The zero-order valence-corrected chi connectivity index (χ0v) is 25.2. The summed E-state index contributed by atoms with van der Waals surface area (Å²) in [6, 6.07) is 16.6. The van der Waals surface area contributed by atoms with E-state index in [4.69, 9.17) is 9.47 Å². The van der Waals surface area contributed by atoms with E-state index in [0.29, 0.717) is 17.1 Å². The van der Waals surface area contributed by atoms with Gasteiger partial charge in [-0.2, -0.15) is 13.2 Å². The van der Waals surface area contributed by atoms with Crippen LogP contribution in [0.1, 0.15) is 47.1 Å². The van der Waals surface area contributed by atoms with Crippen molar-refractivity contribution >= 4 is 5.91 Å². The minimum Gasteiger partial charge on any atom is -0.508 e. The van der Waals surface area contributed by atoms with Gasteiger partial charge in [0, 0.05) is 53.7 Å². The van der Waals surface area contributed by atoms with Gasteiger partial charge in [0.15, 0.2) is 11.5 Å². The van der Waals surface area contributed by atoms with Crippen LogP contribution in [-0.2, 0) is 29.2 Å². The highest BCUT2D eigenvalue weighted by molar-refractivity contribution is 5.94. The summed E-state index contributed by atoms with van der Waals surface area (Å²) in [4.78, 5) is 17.6. The maximum absolute atomic E-state index is 13.4. The molecule has 2 heterocycles. The van der Waals surface area contributed by atoms with Crippen molar-refractivity contribution in [1.29, 1.82) is 0 Å². The van der Waals surface area contributed by atoms with E-state index in [0.717, 1.165) is 68.5 Å². The Morgan fingerprint density at radius 3 is 2.62 bits per heavy atom. The molecule has 1 saturated carbocycles. The molecule has 9 heteroatoms. The van der Waals surface area contributed by atoms with Crippen molar-refractivity contribution in [2.45, 2.75) is 61.9 Å². The van der Waals surface area contributed by atoms with Crippen LogP contribution < -0.4 is 9.47 Å². The monoisotopic (exact) mass is 616 g/mol. The number of aromatic hydroxyl groups is 1. The average Bonchev–Trinajstić information content (AvgIpc) is 3.38. The van der Waals surface area contributed by atoms with Crippen LogP contribution in [0.2, 0.25) is 0 Å². The largest absolute Gasteiger partial charge is 0.508 e. The van der Waals surface area contributed by atoms with E-state index in [1.165, 1.54) is 17.7 Å². The molecule has 6 nitrogen and oxygen atoms in total. The van der Waals surface area contributed by atoms with Crippen molar-refractivity contribution in [2.24, 2.45) is 5.92 Å². The Labute approximate surface area is 260 Å². The van der Waals surface area contributed by atoms with Gasteiger partial charge < -0.3 is 19.5 Å². The number of halogens is 3. The summed E-state index contributed by atoms with van der Waals surface area (Å²) in [7, 11) is 3.29. The molecule has 3 aromatic carbocycles. The first kappa shape index (κ1) is 29.5. The molecule has 45 heavy (non-hydrogen) atoms. The standard InChI is InChI=1S/C36H35F3N2O4/c1-40(31(43)15-10-23-8-11-24(12-9-23)36(37,38)39)27-14-13-26-28-20-25-29(42)21-30(44-2)33-32(25)35(26,34(27)45-33)17-19-41(28)18-16-22-6-4-3-5-7-22/h3-9,11-12,21,26-28,34,42H,13-14,16-20H2,1-2H3/t26-,27-,28+,34-,35-/m0/s1. The van der Waals surface area contributed by atoms with Crippen LogP contribution in [-0.4, -0.2) is 66.2 Å². The Kier molecular flexibility index (Phi) is 7.24. The molecular weight excluding hydrogens is 581 g/mol. The molecule has 2 fully saturated rings. The number of phenolic OH excluding ortho intramolecular Hbond substituents is 1. The summed E-state index contributed by atoms with van der Waals surface area (Å²) >= 11 is 0. The summed E-state index contributed by atoms with van der Waals surface area (Å²) in [5.74, 6) is 6.63. The number of alkyl halides is 3. The van der Waals surface area contributed by atoms with Gasteiger partial charge in [0.05, 0.1) is 18.7 Å². The van der Waals surface area contributed by atoms with Crippen LogP contribution in [0.15, 0.2) is 60.7 Å². The molecule has 234 valence electrons. The maximum Gasteiger partial charge on any atom is 0.416 e. The summed E-state index contributed by atoms with van der Waals surface area (Å²) in [5, 5.41) is 11.3. The number of piperidine rings is 1. The van der Waals surface area contributed by atoms with E-state index >= 15 is 0 Å². The summed E-state index contributed by atoms with van der Waals surface area (Å²) < 4.78 is 51.4. The molecule has 2 aliphatic carbocycles. The van der Waals surface area contributed by atoms with Gasteiger partial charge in [-0.3, -0.25) is 9.69 Å². The van der Waals surface area contributed by atoms with Gasteiger partial charge in [-0.25, -0.2) is 0 Å². The van der Waals surface area contributed by atoms with Crippen molar-refractivity contribution in [3.63, 3.8) is 0 Å². The lowest BCUT2D eigenvalue weighted by Gasteiger charge is -2.60. The fourth-order valence-corrected chi connectivity index (χ4v) is 8.50. The first-order chi connectivity index (χ1) is 21.6. The number of hydrogen-bond donors (Lipinski definition) is 1. The van der Waals surface area contributed by atoms with Crippen molar-refractivity contribution in [3.8, 4) is 29.1 Å². The minimum absolute atomic E-state index is 0.219. The summed E-state index contributed by atoms with van der Waals surface area (Å²) in [6.45, 7) is 1.80. The van der Waals surface area contributed by atoms with Crippen LogP contribution in [0, 0.1) is 17.8 Å². The van der Waals surface area contributed by atoms with Gasteiger partial charge in [0.1, 0.15) is 11.9 Å². The van der Waals surface area contributed by atoms with Crippen LogP contribution in [0.5, 0.6) is 17.2 Å². The summed E-state index contributed by atoms with van der Waals surface area (Å²) in [6.07, 6.45) is -0.666. The number of carbonyl (C=O) groups is 1. The minimum atomic E-state index is -4.44. The van der Waals surface area contributed by atoms with Gasteiger partial charge >= 0.3 is 6.18 Å². The molecule has 0 unspecified atom stereocenters. The molecule has 1 spiro atoms. The highest BCUT2D eigenvalue weighted by atomic mass is 19.4. The van der Waals surface area contributed by atoms with Crippen molar-refractivity contribution in [3.05, 3.63) is 88.5 Å². The highest BCUT2D eigenvalue weighted by Gasteiger charge is 2.67.